The molecule has 0 aromatic carbocycles. The first kappa shape index (κ1) is 11.8. The van der Waals surface area contributed by atoms with E-state index < -0.39 is 0 Å². The molecule has 1 heteroatoms. The van der Waals surface area contributed by atoms with Crippen LogP contribution in [0.15, 0.2) is 11.4 Å². The summed E-state index contributed by atoms with van der Waals surface area (Å²) >= 11 is 1.88. The van der Waals surface area contributed by atoms with Gasteiger partial charge in [-0.15, -0.1) is 11.3 Å². The molecule has 1 rings (SSSR count). The molecule has 1 aromatic rings. The minimum absolute atomic E-state index is 1.29. The van der Waals surface area contributed by atoms with Crippen LogP contribution >= 0.6 is 11.3 Å². The molecule has 0 aliphatic carbocycles. The summed E-state index contributed by atoms with van der Waals surface area (Å²) in [7, 11) is 0. The van der Waals surface area contributed by atoms with Gasteiger partial charge in [0.2, 0.25) is 0 Å². The lowest BCUT2D eigenvalue weighted by Gasteiger charge is -1.99. The predicted molar refractivity (Wildman–Crippen MR) is 66.1 cm³/mol. The molecule has 0 unspecified atom stereocenters. The molecule has 0 radical (unpaired) electrons. The van der Waals surface area contributed by atoms with Crippen LogP contribution in [0, 0.1) is 6.92 Å². The molecule has 0 fully saturated rings. The number of thiophene rings is 1. The van der Waals surface area contributed by atoms with Crippen molar-refractivity contribution in [2.24, 2.45) is 0 Å². The summed E-state index contributed by atoms with van der Waals surface area (Å²) in [4.78, 5) is 1.45. The lowest BCUT2D eigenvalue weighted by atomic mass is 10.1. The fourth-order valence-corrected chi connectivity index (χ4v) is 2.48. The maximum absolute atomic E-state index is 2.33. The first-order valence-corrected chi connectivity index (χ1v) is 6.75. The average Bonchev–Trinajstić information content (AvgIpc) is 2.58. The molecule has 0 aliphatic heterocycles. The van der Waals surface area contributed by atoms with Crippen molar-refractivity contribution in [1.29, 1.82) is 0 Å². The molecule has 0 bridgehead atoms. The smallest absolute Gasteiger partial charge is 0.00170 e. The topological polar surface area (TPSA) is 0 Å². The van der Waals surface area contributed by atoms with Crippen LogP contribution in [0.3, 0.4) is 0 Å². The van der Waals surface area contributed by atoms with Crippen LogP contribution in [-0.2, 0) is 6.42 Å². The highest BCUT2D eigenvalue weighted by atomic mass is 32.1. The molecule has 0 nitrogen and oxygen atoms in total. The Morgan fingerprint density at radius 1 is 1.07 bits per heavy atom. The maximum Gasteiger partial charge on any atom is 0.00170 e. The Bertz CT molecular complexity index is 237. The van der Waals surface area contributed by atoms with Crippen LogP contribution in [0.4, 0.5) is 0 Å². The summed E-state index contributed by atoms with van der Waals surface area (Å²) in [5.74, 6) is 0. The molecule has 0 aliphatic rings. The van der Waals surface area contributed by atoms with E-state index in [1.54, 1.807) is 5.56 Å². The van der Waals surface area contributed by atoms with E-state index >= 15 is 0 Å². The van der Waals surface area contributed by atoms with E-state index in [-0.39, 0.29) is 0 Å². The summed E-state index contributed by atoms with van der Waals surface area (Å²) < 4.78 is 0. The monoisotopic (exact) mass is 210 g/mol. The van der Waals surface area contributed by atoms with Gasteiger partial charge in [0.25, 0.3) is 0 Å². The van der Waals surface area contributed by atoms with E-state index in [0.29, 0.717) is 0 Å². The quantitative estimate of drug-likeness (QED) is 0.558. The van der Waals surface area contributed by atoms with Gasteiger partial charge in [0.15, 0.2) is 0 Å². The number of hydrogen-bond acceptors (Lipinski definition) is 1. The van der Waals surface area contributed by atoms with Crippen LogP contribution in [0.2, 0.25) is 0 Å². The van der Waals surface area contributed by atoms with Gasteiger partial charge in [-0.1, -0.05) is 39.0 Å². The van der Waals surface area contributed by atoms with Gasteiger partial charge in [0.05, 0.1) is 0 Å². The second-order valence-corrected chi connectivity index (χ2v) is 5.20. The SMILES string of the molecule is CCCCCCCCc1csc(C)c1. The van der Waals surface area contributed by atoms with Gasteiger partial charge in [0.1, 0.15) is 0 Å². The Morgan fingerprint density at radius 2 is 1.79 bits per heavy atom. The molecule has 80 valence electrons. The van der Waals surface area contributed by atoms with Gasteiger partial charge >= 0.3 is 0 Å². The van der Waals surface area contributed by atoms with Gasteiger partial charge in [0, 0.05) is 4.88 Å². The summed E-state index contributed by atoms with van der Waals surface area (Å²) in [6, 6.07) is 2.33. The van der Waals surface area contributed by atoms with Crippen molar-refractivity contribution < 1.29 is 0 Å². The summed E-state index contributed by atoms with van der Waals surface area (Å²) in [6.45, 7) is 4.46. The molecule has 0 saturated heterocycles. The molecule has 0 saturated carbocycles. The van der Waals surface area contributed by atoms with Gasteiger partial charge in [-0.05, 0) is 36.8 Å². The van der Waals surface area contributed by atoms with Crippen molar-refractivity contribution in [3.63, 3.8) is 0 Å². The van der Waals surface area contributed by atoms with E-state index in [9.17, 15) is 0 Å². The Kier molecular flexibility index (Phi) is 5.93. The Hall–Kier alpha value is -0.300. The van der Waals surface area contributed by atoms with Crippen molar-refractivity contribution in [3.8, 4) is 0 Å². The molecule has 0 atom stereocenters. The third-order valence-electron chi connectivity index (χ3n) is 2.60. The van der Waals surface area contributed by atoms with Gasteiger partial charge in [-0.25, -0.2) is 0 Å². The third-order valence-corrected chi connectivity index (χ3v) is 3.51. The predicted octanol–water partition coefficient (Wildman–Crippen LogP) is 4.96. The lowest BCUT2D eigenvalue weighted by Crippen LogP contribution is -1.83. The lowest BCUT2D eigenvalue weighted by molar-refractivity contribution is 0.608. The molecule has 0 N–H and O–H groups in total. The Labute approximate surface area is 92.4 Å². The zero-order valence-corrected chi connectivity index (χ0v) is 10.3. The Balaban J connectivity index is 1.99. The zero-order chi connectivity index (χ0) is 10.2. The normalized spacial score (nSPS) is 10.7. The van der Waals surface area contributed by atoms with Gasteiger partial charge < -0.3 is 0 Å². The average molecular weight is 210 g/mol. The van der Waals surface area contributed by atoms with Crippen LogP contribution in [0.1, 0.15) is 55.9 Å². The summed E-state index contributed by atoms with van der Waals surface area (Å²) in [5, 5.41) is 2.31. The zero-order valence-electron chi connectivity index (χ0n) is 9.51. The standard InChI is InChI=1S/C13H22S/c1-3-4-5-6-7-8-9-13-10-12(2)14-11-13/h10-11H,3-9H2,1-2H3. The highest BCUT2D eigenvalue weighted by molar-refractivity contribution is 7.10. The minimum atomic E-state index is 1.29. The highest BCUT2D eigenvalue weighted by Gasteiger charge is 1.96. The fourth-order valence-electron chi connectivity index (χ4n) is 1.74. The van der Waals surface area contributed by atoms with Crippen molar-refractivity contribution in [2.45, 2.75) is 58.8 Å². The second-order valence-electron chi connectivity index (χ2n) is 4.08. The molecule has 1 aromatic heterocycles. The molecule has 0 spiro atoms. The largest absolute Gasteiger partial charge is 0.149 e. The van der Waals surface area contributed by atoms with Crippen LogP contribution in [0.5, 0.6) is 0 Å². The van der Waals surface area contributed by atoms with E-state index in [1.807, 2.05) is 11.3 Å². The molecule has 1 heterocycles. The number of unbranched alkanes of at least 4 members (excludes halogenated alkanes) is 5. The third kappa shape index (κ3) is 4.80. The van der Waals surface area contributed by atoms with Crippen molar-refractivity contribution in [2.75, 3.05) is 0 Å². The van der Waals surface area contributed by atoms with Crippen LogP contribution in [0.25, 0.3) is 0 Å². The van der Waals surface area contributed by atoms with Crippen LogP contribution in [-0.4, -0.2) is 0 Å². The first-order chi connectivity index (χ1) is 6.83. The molecular weight excluding hydrogens is 188 g/mol. The highest BCUT2D eigenvalue weighted by Crippen LogP contribution is 2.16. The molecule has 14 heavy (non-hydrogen) atoms. The van der Waals surface area contributed by atoms with E-state index in [2.05, 4.69) is 25.3 Å². The van der Waals surface area contributed by atoms with Crippen molar-refractivity contribution >= 4 is 11.3 Å². The van der Waals surface area contributed by atoms with Crippen LogP contribution < -0.4 is 0 Å². The minimum Gasteiger partial charge on any atom is -0.149 e. The molecule has 0 amide bonds. The van der Waals surface area contributed by atoms with Gasteiger partial charge in [-0.3, -0.25) is 0 Å². The van der Waals surface area contributed by atoms with Gasteiger partial charge in [-0.2, -0.15) is 0 Å². The van der Waals surface area contributed by atoms with Crippen molar-refractivity contribution in [3.05, 3.63) is 21.9 Å². The number of rotatable bonds is 7. The maximum atomic E-state index is 2.33. The summed E-state index contributed by atoms with van der Waals surface area (Å²) in [5.41, 5.74) is 1.54. The second kappa shape index (κ2) is 7.05. The number of aryl methyl sites for hydroxylation is 2. The molecular formula is C13H22S. The summed E-state index contributed by atoms with van der Waals surface area (Å²) in [6.07, 6.45) is 9.70. The van der Waals surface area contributed by atoms with E-state index in [4.69, 9.17) is 0 Å². The fraction of sp³-hybridized carbons (Fsp3) is 0.692. The van der Waals surface area contributed by atoms with E-state index in [1.165, 1.54) is 49.8 Å². The van der Waals surface area contributed by atoms with E-state index in [0.717, 1.165) is 0 Å². The number of hydrogen-bond donors (Lipinski definition) is 0. The Morgan fingerprint density at radius 3 is 2.43 bits per heavy atom. The van der Waals surface area contributed by atoms with Crippen molar-refractivity contribution in [1.82, 2.24) is 0 Å². The first-order valence-electron chi connectivity index (χ1n) is 5.87.